The van der Waals surface area contributed by atoms with Crippen LogP contribution < -0.4 is 11.4 Å². The Hall–Kier alpha value is -4.08. The highest BCUT2D eigenvalue weighted by Gasteiger charge is 2.26. The molecule has 0 unspecified atom stereocenters. The lowest BCUT2D eigenvalue weighted by Gasteiger charge is -2.07. The summed E-state index contributed by atoms with van der Waals surface area (Å²) in [5.41, 5.74) is 5.26. The Labute approximate surface area is 181 Å². The fourth-order valence-corrected chi connectivity index (χ4v) is 3.50. The zero-order chi connectivity index (χ0) is 23.2. The number of primary amides is 1. The molecule has 0 aliphatic heterocycles. The van der Waals surface area contributed by atoms with E-state index in [0.717, 1.165) is 16.7 Å². The lowest BCUT2D eigenvalue weighted by atomic mass is 10.1. The van der Waals surface area contributed by atoms with E-state index in [1.165, 1.54) is 16.7 Å². The lowest BCUT2D eigenvalue weighted by Crippen LogP contribution is -2.28. The van der Waals surface area contributed by atoms with Crippen molar-refractivity contribution in [3.05, 3.63) is 69.7 Å². The second kappa shape index (κ2) is 7.88. The predicted octanol–water partition coefficient (Wildman–Crippen LogP) is 2.86. The van der Waals surface area contributed by atoms with Gasteiger partial charge in [0, 0.05) is 11.6 Å². The molecule has 4 rings (SSSR count). The zero-order valence-corrected chi connectivity index (χ0v) is 17.6. The molecule has 0 aliphatic rings. The van der Waals surface area contributed by atoms with Gasteiger partial charge < -0.3 is 10.2 Å². The van der Waals surface area contributed by atoms with Crippen LogP contribution in [-0.4, -0.2) is 30.8 Å². The van der Waals surface area contributed by atoms with Gasteiger partial charge in [-0.3, -0.25) is 18.7 Å². The summed E-state index contributed by atoms with van der Waals surface area (Å²) in [6.45, 7) is 4.90. The fraction of sp³-hybridized carbons (Fsp3) is 0.227. The van der Waals surface area contributed by atoms with Gasteiger partial charge in [-0.25, -0.2) is 19.2 Å². The van der Waals surface area contributed by atoms with E-state index in [1.807, 2.05) is 0 Å². The van der Waals surface area contributed by atoms with E-state index in [9.17, 15) is 18.8 Å². The number of furan rings is 1. The van der Waals surface area contributed by atoms with Crippen LogP contribution in [0.3, 0.4) is 0 Å². The third-order valence-electron chi connectivity index (χ3n) is 4.98. The number of aromatic nitrogens is 4. The maximum Gasteiger partial charge on any atom is 0.331 e. The van der Waals surface area contributed by atoms with Crippen molar-refractivity contribution in [3.63, 3.8) is 0 Å². The normalized spacial score (nSPS) is 11.4. The summed E-state index contributed by atoms with van der Waals surface area (Å²) in [4.78, 5) is 47.0. The van der Waals surface area contributed by atoms with Crippen LogP contribution in [0, 0.1) is 12.7 Å². The first-order valence-electron chi connectivity index (χ1n) is 9.85. The van der Waals surface area contributed by atoms with Crippen molar-refractivity contribution in [3.8, 4) is 11.6 Å². The van der Waals surface area contributed by atoms with Gasteiger partial charge in [0.2, 0.25) is 0 Å². The number of carbonyl (C=O) groups is 2. The minimum atomic E-state index is -0.884. The summed E-state index contributed by atoms with van der Waals surface area (Å²) >= 11 is 0. The van der Waals surface area contributed by atoms with Crippen molar-refractivity contribution in [2.45, 2.75) is 33.4 Å². The van der Waals surface area contributed by atoms with Crippen LogP contribution in [-0.2, 0) is 6.54 Å². The van der Waals surface area contributed by atoms with Crippen LogP contribution >= 0.6 is 0 Å². The molecule has 164 valence electrons. The second-order valence-electron chi connectivity index (χ2n) is 7.61. The molecule has 1 aromatic carbocycles. The Morgan fingerprint density at radius 2 is 1.81 bits per heavy atom. The Bertz CT molecular complexity index is 1410. The van der Waals surface area contributed by atoms with Gasteiger partial charge in [-0.05, 0) is 57.2 Å². The van der Waals surface area contributed by atoms with Gasteiger partial charge in [0.1, 0.15) is 17.1 Å². The number of aryl methyl sites for hydroxylation is 1. The Balaban J connectivity index is 1.96. The molecule has 9 nitrogen and oxygen atoms in total. The van der Waals surface area contributed by atoms with Gasteiger partial charge >= 0.3 is 5.69 Å². The lowest BCUT2D eigenvalue weighted by molar-refractivity contribution is 0.0966. The smallest absolute Gasteiger partial charge is 0.331 e. The van der Waals surface area contributed by atoms with Crippen molar-refractivity contribution in [2.75, 3.05) is 0 Å². The van der Waals surface area contributed by atoms with Crippen molar-refractivity contribution < 1.29 is 18.4 Å². The third-order valence-corrected chi connectivity index (χ3v) is 4.98. The number of nitrogens with two attached hydrogens (primary N) is 1. The molecule has 32 heavy (non-hydrogen) atoms. The number of nitrogens with zero attached hydrogens (tertiary/aromatic N) is 4. The van der Waals surface area contributed by atoms with Crippen molar-refractivity contribution in [2.24, 2.45) is 5.73 Å². The molecule has 0 fully saturated rings. The number of carbonyl (C=O) groups excluding carboxylic acids is 2. The summed E-state index contributed by atoms with van der Waals surface area (Å²) in [5.74, 6) is -0.796. The Morgan fingerprint density at radius 1 is 1.12 bits per heavy atom. The molecule has 3 aromatic heterocycles. The molecule has 0 saturated carbocycles. The highest BCUT2D eigenvalue weighted by Crippen LogP contribution is 2.25. The molecule has 0 radical (unpaired) electrons. The zero-order valence-electron chi connectivity index (χ0n) is 17.6. The third kappa shape index (κ3) is 3.59. The molecule has 4 aromatic rings. The van der Waals surface area contributed by atoms with Gasteiger partial charge in [-0.2, -0.15) is 0 Å². The molecule has 0 aliphatic carbocycles. The maximum atomic E-state index is 13.2. The standard InChI is InChI=1S/C22H20FN5O4/c1-11(2)28-21-18(17(19(24)30)25-20(26-21)16-9-4-12(3)32-16)27(22(28)31)10-15(29)13-5-7-14(23)8-6-13/h4-9,11H,10H2,1-3H3,(H2,24,30). The second-order valence-corrected chi connectivity index (χ2v) is 7.61. The predicted molar refractivity (Wildman–Crippen MR) is 114 cm³/mol. The number of benzene rings is 1. The molecule has 10 heteroatoms. The molecule has 2 N–H and O–H groups in total. The van der Waals surface area contributed by atoms with Crippen molar-refractivity contribution in [1.82, 2.24) is 19.1 Å². The molecule has 0 atom stereocenters. The first-order valence-corrected chi connectivity index (χ1v) is 9.85. The number of hydrogen-bond acceptors (Lipinski definition) is 6. The minimum absolute atomic E-state index is 0.0543. The number of hydrogen-bond donors (Lipinski definition) is 1. The van der Waals surface area contributed by atoms with E-state index in [1.54, 1.807) is 32.9 Å². The molecule has 3 heterocycles. The van der Waals surface area contributed by atoms with E-state index >= 15 is 0 Å². The Morgan fingerprint density at radius 3 is 2.38 bits per heavy atom. The van der Waals surface area contributed by atoms with Crippen LogP contribution in [0.2, 0.25) is 0 Å². The number of ketones is 1. The van der Waals surface area contributed by atoms with E-state index < -0.39 is 29.7 Å². The summed E-state index contributed by atoms with van der Waals surface area (Å²) in [7, 11) is 0. The van der Waals surface area contributed by atoms with E-state index in [4.69, 9.17) is 10.2 Å². The largest absolute Gasteiger partial charge is 0.458 e. The van der Waals surface area contributed by atoms with E-state index in [2.05, 4.69) is 9.97 Å². The summed E-state index contributed by atoms with van der Waals surface area (Å²) < 4.78 is 21.3. The van der Waals surface area contributed by atoms with Crippen molar-refractivity contribution >= 4 is 22.9 Å². The summed E-state index contributed by atoms with van der Waals surface area (Å²) in [6.07, 6.45) is 0. The van der Waals surface area contributed by atoms with Gasteiger partial charge in [0.15, 0.2) is 28.7 Å². The van der Waals surface area contributed by atoms with Gasteiger partial charge in [-0.1, -0.05) is 0 Å². The summed E-state index contributed by atoms with van der Waals surface area (Å²) in [5, 5.41) is 0. The number of fused-ring (bicyclic) bond motifs is 1. The highest BCUT2D eigenvalue weighted by atomic mass is 19.1. The van der Waals surface area contributed by atoms with Crippen LogP contribution in [0.1, 0.15) is 46.5 Å². The van der Waals surface area contributed by atoms with Crippen LogP contribution in [0.5, 0.6) is 0 Å². The molecule has 1 amide bonds. The van der Waals surface area contributed by atoms with E-state index in [0.29, 0.717) is 11.5 Å². The van der Waals surface area contributed by atoms with Crippen LogP contribution in [0.25, 0.3) is 22.7 Å². The molecular formula is C22H20FN5O4. The fourth-order valence-electron chi connectivity index (χ4n) is 3.50. The number of amides is 1. The van der Waals surface area contributed by atoms with Gasteiger partial charge in [-0.15, -0.1) is 0 Å². The van der Waals surface area contributed by atoms with Crippen LogP contribution in [0.15, 0.2) is 45.6 Å². The topological polar surface area (TPSA) is 126 Å². The van der Waals surface area contributed by atoms with Gasteiger partial charge in [0.25, 0.3) is 5.91 Å². The first-order chi connectivity index (χ1) is 15.2. The Kier molecular flexibility index (Phi) is 5.21. The van der Waals surface area contributed by atoms with E-state index in [-0.39, 0.29) is 34.3 Å². The minimum Gasteiger partial charge on any atom is -0.458 e. The monoisotopic (exact) mass is 437 g/mol. The highest BCUT2D eigenvalue weighted by molar-refractivity contribution is 6.03. The van der Waals surface area contributed by atoms with Gasteiger partial charge in [0.05, 0.1) is 6.54 Å². The molecule has 0 spiro atoms. The summed E-state index contributed by atoms with van der Waals surface area (Å²) in [6, 6.07) is 7.99. The molecule has 0 saturated heterocycles. The average molecular weight is 437 g/mol. The first kappa shape index (κ1) is 21.2. The number of Topliss-reactive ketones (excluding diaryl/α,β-unsaturated/α-hetero) is 1. The van der Waals surface area contributed by atoms with Crippen molar-refractivity contribution in [1.29, 1.82) is 0 Å². The number of imidazole rings is 1. The molecule has 0 bridgehead atoms. The average Bonchev–Trinajstić information content (AvgIpc) is 3.29. The maximum absolute atomic E-state index is 13.2. The number of rotatable bonds is 6. The SMILES string of the molecule is Cc1ccc(-c2nc(C(N)=O)c3c(n2)n(C(C)C)c(=O)n3CC(=O)c2ccc(F)cc2)o1. The molecular weight excluding hydrogens is 417 g/mol. The quantitative estimate of drug-likeness (QED) is 0.462. The van der Waals surface area contributed by atoms with Crippen LogP contribution in [0.4, 0.5) is 4.39 Å². The number of halogens is 1.